The first-order chi connectivity index (χ1) is 7.99. The molecule has 17 heavy (non-hydrogen) atoms. The van der Waals surface area contributed by atoms with Gasteiger partial charge in [-0.15, -0.1) is 11.3 Å². The van der Waals surface area contributed by atoms with Crippen molar-refractivity contribution in [3.8, 4) is 0 Å². The molecule has 1 saturated heterocycles. The molecule has 2 rings (SSSR count). The van der Waals surface area contributed by atoms with Crippen molar-refractivity contribution in [2.75, 3.05) is 6.54 Å². The summed E-state index contributed by atoms with van der Waals surface area (Å²) in [6.45, 7) is 3.60. The van der Waals surface area contributed by atoms with E-state index in [9.17, 15) is 9.90 Å². The summed E-state index contributed by atoms with van der Waals surface area (Å²) >= 11 is 8.56. The molecule has 1 aromatic rings. The lowest BCUT2D eigenvalue weighted by molar-refractivity contribution is -0.143. The van der Waals surface area contributed by atoms with Gasteiger partial charge in [-0.1, -0.05) is 6.92 Å². The highest BCUT2D eigenvalue weighted by Gasteiger charge is 2.36. The zero-order valence-electron chi connectivity index (χ0n) is 9.32. The smallest absolute Gasteiger partial charge is 0.321 e. The van der Waals surface area contributed by atoms with Gasteiger partial charge in [0.25, 0.3) is 0 Å². The van der Waals surface area contributed by atoms with Crippen LogP contribution in [0.3, 0.4) is 0 Å². The number of carboxylic acid groups (broad SMARTS) is 1. The van der Waals surface area contributed by atoms with Crippen molar-refractivity contribution in [1.82, 2.24) is 4.90 Å². The molecule has 1 aromatic heterocycles. The normalized spacial score (nSPS) is 25.4. The maximum Gasteiger partial charge on any atom is 0.321 e. The molecule has 0 bridgehead atoms. The highest BCUT2D eigenvalue weighted by Crippen LogP contribution is 2.34. The molecular formula is C11H13Br2NO2S. The van der Waals surface area contributed by atoms with Crippen molar-refractivity contribution < 1.29 is 9.90 Å². The number of likely N-dealkylation sites (tertiary alicyclic amines) is 1. The molecule has 0 aromatic carbocycles. The summed E-state index contributed by atoms with van der Waals surface area (Å²) in [6.07, 6.45) is 0.963. The fraction of sp³-hybridized carbons (Fsp3) is 0.545. The molecule has 0 radical (unpaired) electrons. The summed E-state index contributed by atoms with van der Waals surface area (Å²) in [4.78, 5) is 14.5. The fourth-order valence-electron chi connectivity index (χ4n) is 2.27. The molecule has 0 amide bonds. The van der Waals surface area contributed by atoms with Gasteiger partial charge in [-0.05, 0) is 56.8 Å². The number of rotatable bonds is 3. The number of hydrogen-bond donors (Lipinski definition) is 1. The van der Waals surface area contributed by atoms with Crippen molar-refractivity contribution in [3.63, 3.8) is 0 Å². The third kappa shape index (κ3) is 2.92. The Balaban J connectivity index is 2.10. The van der Waals surface area contributed by atoms with E-state index in [1.54, 1.807) is 11.3 Å². The molecule has 2 unspecified atom stereocenters. The fourth-order valence-corrected chi connectivity index (χ4v) is 4.48. The Morgan fingerprint density at radius 2 is 2.35 bits per heavy atom. The lowest BCUT2D eigenvalue weighted by Crippen LogP contribution is -2.38. The van der Waals surface area contributed by atoms with Crippen LogP contribution in [0.25, 0.3) is 0 Å². The number of carbonyl (C=O) groups is 1. The van der Waals surface area contributed by atoms with Crippen molar-refractivity contribution >= 4 is 49.2 Å². The van der Waals surface area contributed by atoms with E-state index in [1.807, 2.05) is 6.92 Å². The first kappa shape index (κ1) is 13.5. The number of thiophene rings is 1. The van der Waals surface area contributed by atoms with E-state index in [0.717, 1.165) is 27.8 Å². The predicted octanol–water partition coefficient (Wildman–Crippen LogP) is 3.57. The molecule has 1 aliphatic rings. The molecule has 0 spiro atoms. The zero-order chi connectivity index (χ0) is 12.6. The monoisotopic (exact) mass is 381 g/mol. The van der Waals surface area contributed by atoms with Crippen LogP contribution in [0, 0.1) is 5.92 Å². The first-order valence-electron chi connectivity index (χ1n) is 5.39. The van der Waals surface area contributed by atoms with E-state index in [4.69, 9.17) is 0 Å². The van der Waals surface area contributed by atoms with Gasteiger partial charge in [0.1, 0.15) is 6.04 Å². The minimum absolute atomic E-state index is 0.236. The van der Waals surface area contributed by atoms with Crippen LogP contribution in [0.2, 0.25) is 0 Å². The molecule has 6 heteroatoms. The summed E-state index contributed by atoms with van der Waals surface area (Å²) < 4.78 is 2.10. The second-order valence-electron chi connectivity index (χ2n) is 4.35. The molecule has 1 N–H and O–H groups in total. The largest absolute Gasteiger partial charge is 0.480 e. The van der Waals surface area contributed by atoms with E-state index in [2.05, 4.69) is 42.8 Å². The van der Waals surface area contributed by atoms with Crippen molar-refractivity contribution in [2.24, 2.45) is 5.92 Å². The van der Waals surface area contributed by atoms with Gasteiger partial charge in [0.05, 0.1) is 3.79 Å². The topological polar surface area (TPSA) is 40.5 Å². The molecule has 2 atom stereocenters. The maximum atomic E-state index is 11.2. The van der Waals surface area contributed by atoms with Crippen LogP contribution in [-0.2, 0) is 11.3 Å². The SMILES string of the molecule is CC1CCN(Cc2cc(Br)c(Br)s2)C1C(=O)O. The Labute approximate surface area is 121 Å². The maximum absolute atomic E-state index is 11.2. The first-order valence-corrected chi connectivity index (χ1v) is 7.80. The zero-order valence-corrected chi connectivity index (χ0v) is 13.3. The summed E-state index contributed by atoms with van der Waals surface area (Å²) in [5.41, 5.74) is 0. The van der Waals surface area contributed by atoms with Gasteiger partial charge in [0.15, 0.2) is 0 Å². The van der Waals surface area contributed by atoms with Crippen molar-refractivity contribution in [3.05, 3.63) is 19.2 Å². The number of hydrogen-bond acceptors (Lipinski definition) is 3. The highest BCUT2D eigenvalue weighted by molar-refractivity contribution is 9.13. The lowest BCUT2D eigenvalue weighted by atomic mass is 10.0. The van der Waals surface area contributed by atoms with Crippen molar-refractivity contribution in [2.45, 2.75) is 25.9 Å². The Bertz CT molecular complexity index is 416. The van der Waals surface area contributed by atoms with E-state index in [-0.39, 0.29) is 12.0 Å². The van der Waals surface area contributed by atoms with Crippen LogP contribution in [-0.4, -0.2) is 28.6 Å². The molecular weight excluding hydrogens is 370 g/mol. The van der Waals surface area contributed by atoms with Gasteiger partial charge >= 0.3 is 5.97 Å². The molecule has 3 nitrogen and oxygen atoms in total. The summed E-state index contributed by atoms with van der Waals surface area (Å²) in [7, 11) is 0. The van der Waals surface area contributed by atoms with Gasteiger partial charge < -0.3 is 5.11 Å². The molecule has 1 fully saturated rings. The van der Waals surface area contributed by atoms with Crippen molar-refractivity contribution in [1.29, 1.82) is 0 Å². The quantitative estimate of drug-likeness (QED) is 0.868. The van der Waals surface area contributed by atoms with E-state index in [1.165, 1.54) is 4.88 Å². The summed E-state index contributed by atoms with van der Waals surface area (Å²) in [6, 6.07) is 1.71. The van der Waals surface area contributed by atoms with E-state index >= 15 is 0 Å². The molecule has 2 heterocycles. The Hall–Kier alpha value is 0.0900. The Morgan fingerprint density at radius 1 is 1.65 bits per heavy atom. The number of carboxylic acids is 1. The molecule has 0 aliphatic carbocycles. The van der Waals surface area contributed by atoms with Crippen LogP contribution < -0.4 is 0 Å². The molecule has 1 aliphatic heterocycles. The summed E-state index contributed by atoms with van der Waals surface area (Å²) in [5.74, 6) is -0.468. The number of nitrogens with zero attached hydrogens (tertiary/aromatic N) is 1. The van der Waals surface area contributed by atoms with Crippen LogP contribution in [0.4, 0.5) is 0 Å². The lowest BCUT2D eigenvalue weighted by Gasteiger charge is -2.22. The standard InChI is InChI=1S/C11H13Br2NO2S/c1-6-2-3-14(9(6)11(15)16)5-7-4-8(12)10(13)17-7/h4,6,9H,2-3,5H2,1H3,(H,15,16). The van der Waals surface area contributed by atoms with Gasteiger partial charge in [-0.2, -0.15) is 0 Å². The minimum atomic E-state index is -0.704. The highest BCUT2D eigenvalue weighted by atomic mass is 79.9. The van der Waals surface area contributed by atoms with Gasteiger partial charge in [0.2, 0.25) is 0 Å². The Kier molecular flexibility index (Phi) is 4.28. The second-order valence-corrected chi connectivity index (χ2v) is 7.66. The average Bonchev–Trinajstić information content (AvgIpc) is 2.72. The van der Waals surface area contributed by atoms with E-state index in [0.29, 0.717) is 0 Å². The van der Waals surface area contributed by atoms with Gasteiger partial charge in [-0.25, -0.2) is 0 Å². The van der Waals surface area contributed by atoms with Gasteiger partial charge in [-0.3, -0.25) is 9.69 Å². The number of halogens is 2. The molecule has 0 saturated carbocycles. The van der Waals surface area contributed by atoms with Crippen LogP contribution >= 0.6 is 43.2 Å². The average molecular weight is 383 g/mol. The van der Waals surface area contributed by atoms with Crippen LogP contribution in [0.1, 0.15) is 18.2 Å². The van der Waals surface area contributed by atoms with Crippen LogP contribution in [0.15, 0.2) is 14.3 Å². The van der Waals surface area contributed by atoms with Crippen LogP contribution in [0.5, 0.6) is 0 Å². The van der Waals surface area contributed by atoms with E-state index < -0.39 is 5.97 Å². The Morgan fingerprint density at radius 3 is 2.88 bits per heavy atom. The third-order valence-corrected chi connectivity index (χ3v) is 6.35. The predicted molar refractivity (Wildman–Crippen MR) is 75.3 cm³/mol. The van der Waals surface area contributed by atoms with Gasteiger partial charge in [0, 0.05) is 15.9 Å². The second kappa shape index (κ2) is 5.38. The summed E-state index contributed by atoms with van der Waals surface area (Å²) in [5, 5.41) is 9.24. The number of aliphatic carboxylic acids is 1. The molecule has 94 valence electrons. The minimum Gasteiger partial charge on any atom is -0.480 e. The third-order valence-electron chi connectivity index (χ3n) is 3.11.